The predicted molar refractivity (Wildman–Crippen MR) is 105 cm³/mol. The van der Waals surface area contributed by atoms with Gasteiger partial charge in [0.2, 0.25) is 0 Å². The highest BCUT2D eigenvalue weighted by Gasteiger charge is 2.53. The van der Waals surface area contributed by atoms with Gasteiger partial charge in [-0.25, -0.2) is 4.68 Å². The molecule has 2 aromatic rings. The van der Waals surface area contributed by atoms with Crippen molar-refractivity contribution in [1.82, 2.24) is 15.1 Å². The Morgan fingerprint density at radius 2 is 1.67 bits per heavy atom. The number of amides is 1. The summed E-state index contributed by atoms with van der Waals surface area (Å²) < 4.78 is 1.27. The molecule has 1 N–H and O–H groups in total. The maximum atomic E-state index is 13.1. The number of nitrogens with one attached hydrogen (secondary N) is 1. The summed E-state index contributed by atoms with van der Waals surface area (Å²) in [6.45, 7) is 2.18. The van der Waals surface area contributed by atoms with Crippen molar-refractivity contribution in [3.8, 4) is 0 Å². The number of fused-ring (bicyclic) bond motifs is 1. The van der Waals surface area contributed by atoms with Gasteiger partial charge >= 0.3 is 0 Å². The second kappa shape index (κ2) is 5.91. The summed E-state index contributed by atoms with van der Waals surface area (Å²) in [5.74, 6) is 2.40. The first-order chi connectivity index (χ1) is 12.9. The molecule has 0 saturated heterocycles. The van der Waals surface area contributed by atoms with Crippen LogP contribution in [0.3, 0.4) is 0 Å². The summed E-state index contributed by atoms with van der Waals surface area (Å²) in [6, 6.07) is 7.38. The van der Waals surface area contributed by atoms with E-state index in [1.807, 2.05) is 18.2 Å². The molecular weight excluding hydrogens is 338 g/mol. The second-order valence-electron chi connectivity index (χ2n) is 9.30. The van der Waals surface area contributed by atoms with Crippen LogP contribution in [0, 0.1) is 23.2 Å². The molecule has 1 atom stereocenters. The van der Waals surface area contributed by atoms with E-state index < -0.39 is 0 Å². The van der Waals surface area contributed by atoms with Gasteiger partial charge in [-0.3, -0.25) is 9.59 Å². The molecule has 0 aliphatic heterocycles. The first kappa shape index (κ1) is 17.0. The fraction of sp³-hybridized carbons (Fsp3) is 0.591. The number of aryl methyl sites for hydroxylation is 1. The molecule has 4 fully saturated rings. The first-order valence-electron chi connectivity index (χ1n) is 10.2. The lowest BCUT2D eigenvalue weighted by atomic mass is 9.48. The molecule has 1 heterocycles. The van der Waals surface area contributed by atoms with E-state index in [0.717, 1.165) is 17.8 Å². The summed E-state index contributed by atoms with van der Waals surface area (Å²) >= 11 is 0. The van der Waals surface area contributed by atoms with Crippen LogP contribution in [-0.2, 0) is 7.05 Å². The van der Waals surface area contributed by atoms with E-state index in [4.69, 9.17) is 0 Å². The monoisotopic (exact) mass is 365 g/mol. The average molecular weight is 365 g/mol. The lowest BCUT2D eigenvalue weighted by Crippen LogP contribution is -2.56. The van der Waals surface area contributed by atoms with Crippen LogP contribution in [0.4, 0.5) is 0 Å². The van der Waals surface area contributed by atoms with Gasteiger partial charge in [0.15, 0.2) is 5.69 Å². The van der Waals surface area contributed by atoms with E-state index in [2.05, 4.69) is 17.3 Å². The molecule has 6 rings (SSSR count). The zero-order valence-corrected chi connectivity index (χ0v) is 16.1. The third-order valence-electron chi connectivity index (χ3n) is 7.52. The van der Waals surface area contributed by atoms with E-state index in [1.165, 1.54) is 43.2 Å². The molecule has 1 aromatic heterocycles. The highest BCUT2D eigenvalue weighted by Crippen LogP contribution is 2.61. The summed E-state index contributed by atoms with van der Waals surface area (Å²) in [5.41, 5.74) is 0.432. The van der Waals surface area contributed by atoms with Gasteiger partial charge in [-0.1, -0.05) is 18.2 Å². The number of hydrogen-bond donors (Lipinski definition) is 1. The normalized spacial score (nSPS) is 32.6. The Kier molecular flexibility index (Phi) is 3.72. The number of carbonyl (C=O) groups is 1. The zero-order chi connectivity index (χ0) is 18.8. The summed E-state index contributed by atoms with van der Waals surface area (Å²) in [4.78, 5) is 25.5. The van der Waals surface area contributed by atoms with Crippen LogP contribution >= 0.6 is 0 Å². The van der Waals surface area contributed by atoms with Crippen LogP contribution in [0.1, 0.15) is 55.9 Å². The average Bonchev–Trinajstić information content (AvgIpc) is 2.63. The SMILES string of the molecule is C[C@H](NC(=O)c1nn(C)c(=O)c2ccccc12)C12CC3CC(CC(C3)C1)C2. The molecule has 4 bridgehead atoms. The van der Waals surface area contributed by atoms with Gasteiger partial charge in [-0.2, -0.15) is 5.10 Å². The maximum Gasteiger partial charge on any atom is 0.274 e. The molecule has 4 aliphatic rings. The van der Waals surface area contributed by atoms with E-state index in [9.17, 15) is 9.59 Å². The Labute approximate surface area is 159 Å². The Hall–Kier alpha value is -2.17. The minimum atomic E-state index is -0.170. The molecule has 4 aliphatic carbocycles. The van der Waals surface area contributed by atoms with Crippen molar-refractivity contribution in [2.24, 2.45) is 30.2 Å². The smallest absolute Gasteiger partial charge is 0.274 e. The van der Waals surface area contributed by atoms with Gasteiger partial charge in [-0.05, 0) is 74.7 Å². The van der Waals surface area contributed by atoms with E-state index >= 15 is 0 Å². The fourth-order valence-corrected chi connectivity index (χ4v) is 6.59. The zero-order valence-electron chi connectivity index (χ0n) is 16.1. The van der Waals surface area contributed by atoms with Gasteiger partial charge in [0.05, 0.1) is 5.39 Å². The number of rotatable bonds is 3. The Bertz CT molecular complexity index is 942. The van der Waals surface area contributed by atoms with Crippen molar-refractivity contribution in [3.05, 3.63) is 40.3 Å². The van der Waals surface area contributed by atoms with Gasteiger partial charge in [-0.15, -0.1) is 0 Å². The quantitative estimate of drug-likeness (QED) is 0.908. The van der Waals surface area contributed by atoms with Crippen molar-refractivity contribution >= 4 is 16.7 Å². The van der Waals surface area contributed by atoms with Gasteiger partial charge in [0.25, 0.3) is 11.5 Å². The number of nitrogens with zero attached hydrogens (tertiary/aromatic N) is 2. The Morgan fingerprint density at radius 1 is 1.11 bits per heavy atom. The van der Waals surface area contributed by atoms with Crippen LogP contribution in [0.15, 0.2) is 29.1 Å². The molecule has 0 spiro atoms. The molecule has 5 nitrogen and oxygen atoms in total. The van der Waals surface area contributed by atoms with Crippen LogP contribution in [-0.4, -0.2) is 21.7 Å². The third kappa shape index (κ3) is 2.62. The van der Waals surface area contributed by atoms with Crippen molar-refractivity contribution in [1.29, 1.82) is 0 Å². The number of benzene rings is 1. The number of hydrogen-bond acceptors (Lipinski definition) is 3. The molecule has 27 heavy (non-hydrogen) atoms. The minimum Gasteiger partial charge on any atom is -0.348 e. The standard InChI is InChI=1S/C22H27N3O2/c1-13(22-10-14-7-15(11-22)9-16(8-14)12-22)23-20(26)19-17-5-3-4-6-18(17)21(27)25(2)24-19/h3-6,13-16H,7-12H2,1-2H3,(H,23,26)/t13-,14?,15?,16?,22?/m0/s1. The molecule has 142 valence electrons. The summed E-state index contributed by atoms with van der Waals surface area (Å²) in [6.07, 6.45) is 7.94. The Balaban J connectivity index is 1.45. The van der Waals surface area contributed by atoms with Gasteiger partial charge in [0.1, 0.15) is 0 Å². The first-order valence-corrected chi connectivity index (χ1v) is 10.2. The van der Waals surface area contributed by atoms with E-state index in [1.54, 1.807) is 13.1 Å². The van der Waals surface area contributed by atoms with Gasteiger partial charge < -0.3 is 5.32 Å². The molecule has 1 aromatic carbocycles. The van der Waals surface area contributed by atoms with Crippen LogP contribution in [0.25, 0.3) is 10.8 Å². The molecule has 4 saturated carbocycles. The maximum absolute atomic E-state index is 13.1. The van der Waals surface area contributed by atoms with E-state index in [-0.39, 0.29) is 22.9 Å². The number of carbonyl (C=O) groups excluding carboxylic acids is 1. The lowest BCUT2D eigenvalue weighted by Gasteiger charge is -2.59. The fourth-order valence-electron chi connectivity index (χ4n) is 6.59. The van der Waals surface area contributed by atoms with Crippen molar-refractivity contribution in [2.45, 2.75) is 51.5 Å². The minimum absolute atomic E-state index is 0.135. The second-order valence-corrected chi connectivity index (χ2v) is 9.30. The lowest BCUT2D eigenvalue weighted by molar-refractivity contribution is -0.0688. The van der Waals surface area contributed by atoms with Crippen LogP contribution < -0.4 is 10.9 Å². The van der Waals surface area contributed by atoms with Gasteiger partial charge in [0, 0.05) is 18.5 Å². The highest BCUT2D eigenvalue weighted by molar-refractivity contribution is 6.04. The molecular formula is C22H27N3O2. The predicted octanol–water partition coefficient (Wildman–Crippen LogP) is 3.27. The van der Waals surface area contributed by atoms with Crippen molar-refractivity contribution in [2.75, 3.05) is 0 Å². The van der Waals surface area contributed by atoms with E-state index in [0.29, 0.717) is 16.5 Å². The van der Waals surface area contributed by atoms with Crippen molar-refractivity contribution in [3.63, 3.8) is 0 Å². The molecule has 0 radical (unpaired) electrons. The van der Waals surface area contributed by atoms with Crippen molar-refractivity contribution < 1.29 is 4.79 Å². The molecule has 0 unspecified atom stereocenters. The number of aromatic nitrogens is 2. The third-order valence-corrected chi connectivity index (χ3v) is 7.52. The van der Waals surface area contributed by atoms with Crippen LogP contribution in [0.5, 0.6) is 0 Å². The highest BCUT2D eigenvalue weighted by atomic mass is 16.2. The summed E-state index contributed by atoms with van der Waals surface area (Å²) in [5, 5.41) is 8.75. The molecule has 5 heteroatoms. The topological polar surface area (TPSA) is 64.0 Å². The molecule has 1 amide bonds. The summed E-state index contributed by atoms with van der Waals surface area (Å²) in [7, 11) is 1.61. The van der Waals surface area contributed by atoms with Crippen LogP contribution in [0.2, 0.25) is 0 Å². The Morgan fingerprint density at radius 3 is 2.26 bits per heavy atom. The largest absolute Gasteiger partial charge is 0.348 e.